The van der Waals surface area contributed by atoms with E-state index >= 15 is 0 Å². The Balaban J connectivity index is 1.38. The summed E-state index contributed by atoms with van der Waals surface area (Å²) in [6.07, 6.45) is 0. The topological polar surface area (TPSA) is 93.3 Å². The number of aryl methyl sites for hydroxylation is 2. The van der Waals surface area contributed by atoms with Crippen LogP contribution >= 0.6 is 11.8 Å². The minimum Gasteiger partial charge on any atom is -0.494 e. The first-order valence-electron chi connectivity index (χ1n) is 10.6. The number of hydrogen-bond donors (Lipinski definition) is 0. The second kappa shape index (κ2) is 8.86. The van der Waals surface area contributed by atoms with E-state index in [2.05, 4.69) is 15.5 Å². The van der Waals surface area contributed by atoms with Gasteiger partial charge in [-0.15, -0.1) is 5.10 Å². The second-order valence-corrected chi connectivity index (χ2v) is 8.86. The van der Waals surface area contributed by atoms with Gasteiger partial charge < -0.3 is 18.8 Å². The highest BCUT2D eigenvalue weighted by molar-refractivity contribution is 7.99. The average Bonchev–Trinajstić information content (AvgIpc) is 3.55. The number of fused-ring (bicyclic) bond motifs is 1. The number of carbonyl (C=O) groups is 1. The highest BCUT2D eigenvalue weighted by Crippen LogP contribution is 2.35. The van der Waals surface area contributed by atoms with Crippen molar-refractivity contribution < 1.29 is 19.0 Å². The van der Waals surface area contributed by atoms with Crippen molar-refractivity contribution in [3.05, 3.63) is 65.0 Å². The van der Waals surface area contributed by atoms with Gasteiger partial charge in [-0.3, -0.25) is 4.79 Å². The molecule has 0 amide bonds. The van der Waals surface area contributed by atoms with Gasteiger partial charge in [0.15, 0.2) is 17.3 Å². The number of ketones is 1. The van der Waals surface area contributed by atoms with Gasteiger partial charge in [0.25, 0.3) is 0 Å². The van der Waals surface area contributed by atoms with Crippen LogP contribution in [0.3, 0.4) is 0 Å². The third-order valence-electron chi connectivity index (χ3n) is 5.68. The van der Waals surface area contributed by atoms with Crippen molar-refractivity contribution in [1.82, 2.24) is 24.8 Å². The van der Waals surface area contributed by atoms with E-state index in [1.165, 1.54) is 11.8 Å². The van der Waals surface area contributed by atoms with E-state index in [4.69, 9.17) is 14.2 Å². The molecule has 0 aliphatic carbocycles. The fraction of sp³-hybridized carbons (Fsp3) is 0.250. The van der Waals surface area contributed by atoms with E-state index in [1.54, 1.807) is 11.8 Å². The lowest BCUT2D eigenvalue weighted by molar-refractivity contribution is 0.102. The second-order valence-electron chi connectivity index (χ2n) is 7.92. The fourth-order valence-corrected chi connectivity index (χ4v) is 4.83. The molecule has 4 aromatic rings. The highest BCUT2D eigenvalue weighted by atomic mass is 32.2. The number of benzene rings is 2. The number of thioether (sulfide) groups is 1. The van der Waals surface area contributed by atoms with Crippen LogP contribution in [0.25, 0.3) is 11.4 Å². The first-order valence-corrected chi connectivity index (χ1v) is 11.6. The van der Waals surface area contributed by atoms with Gasteiger partial charge in [-0.1, -0.05) is 17.8 Å². The van der Waals surface area contributed by atoms with Crippen molar-refractivity contribution in [2.24, 2.45) is 0 Å². The maximum Gasteiger partial charge on any atom is 0.231 e. The number of Topliss-reactive ketones (excluding diaryl/α,β-unsaturated/α-hetero) is 1. The molecule has 9 nitrogen and oxygen atoms in total. The lowest BCUT2D eigenvalue weighted by Gasteiger charge is -2.11. The van der Waals surface area contributed by atoms with Gasteiger partial charge in [0.2, 0.25) is 11.9 Å². The Morgan fingerprint density at radius 2 is 1.91 bits per heavy atom. The molecule has 0 fully saturated rings. The van der Waals surface area contributed by atoms with E-state index in [1.807, 2.05) is 67.8 Å². The van der Waals surface area contributed by atoms with Crippen molar-refractivity contribution in [1.29, 1.82) is 0 Å². The van der Waals surface area contributed by atoms with Crippen molar-refractivity contribution in [2.75, 3.05) is 19.7 Å². The lowest BCUT2D eigenvalue weighted by Crippen LogP contribution is -2.07. The van der Waals surface area contributed by atoms with Gasteiger partial charge in [0, 0.05) is 28.7 Å². The molecule has 1 aliphatic heterocycles. The number of tetrazole rings is 1. The van der Waals surface area contributed by atoms with E-state index in [0.29, 0.717) is 22.2 Å². The van der Waals surface area contributed by atoms with E-state index < -0.39 is 0 Å². The maximum atomic E-state index is 13.2. The lowest BCUT2D eigenvalue weighted by atomic mass is 10.2. The molecule has 0 unspecified atom stereocenters. The van der Waals surface area contributed by atoms with Crippen molar-refractivity contribution in [2.45, 2.75) is 25.9 Å². The minimum absolute atomic E-state index is 0.00384. The summed E-state index contributed by atoms with van der Waals surface area (Å²) < 4.78 is 20.0. The van der Waals surface area contributed by atoms with Crippen LogP contribution in [0.1, 0.15) is 27.3 Å². The Hall–Kier alpha value is -3.79. The summed E-state index contributed by atoms with van der Waals surface area (Å²) in [6, 6.07) is 13.5. The van der Waals surface area contributed by atoms with Gasteiger partial charge in [-0.2, -0.15) is 4.68 Å². The molecule has 0 bridgehead atoms. The molecule has 34 heavy (non-hydrogen) atoms. The molecule has 0 atom stereocenters. The van der Waals surface area contributed by atoms with Crippen LogP contribution < -0.4 is 14.2 Å². The van der Waals surface area contributed by atoms with Crippen LogP contribution in [0.5, 0.6) is 17.2 Å². The third-order valence-corrected chi connectivity index (χ3v) is 6.60. The fourth-order valence-electron chi connectivity index (χ4n) is 4.06. The van der Waals surface area contributed by atoms with E-state index in [-0.39, 0.29) is 18.3 Å². The predicted octanol–water partition coefficient (Wildman–Crippen LogP) is 4.09. The highest BCUT2D eigenvalue weighted by Gasteiger charge is 2.21. The number of aromatic nitrogens is 5. The molecule has 0 radical (unpaired) electrons. The summed E-state index contributed by atoms with van der Waals surface area (Å²) in [5, 5.41) is 12.5. The summed E-state index contributed by atoms with van der Waals surface area (Å²) >= 11 is 1.29. The van der Waals surface area contributed by atoms with Gasteiger partial charge >= 0.3 is 0 Å². The van der Waals surface area contributed by atoms with E-state index in [0.717, 1.165) is 34.1 Å². The average molecular weight is 478 g/mol. The summed E-state index contributed by atoms with van der Waals surface area (Å²) in [7, 11) is 1.60. The number of ether oxygens (including phenoxy) is 3. The van der Waals surface area contributed by atoms with E-state index in [9.17, 15) is 4.79 Å². The van der Waals surface area contributed by atoms with Crippen LogP contribution in [-0.4, -0.2) is 50.2 Å². The monoisotopic (exact) mass is 477 g/mol. The summed E-state index contributed by atoms with van der Waals surface area (Å²) in [4.78, 5) is 13.2. The van der Waals surface area contributed by atoms with Crippen molar-refractivity contribution >= 4 is 17.5 Å². The molecule has 2 aromatic heterocycles. The molecule has 5 rings (SSSR count). The summed E-state index contributed by atoms with van der Waals surface area (Å²) in [5.74, 6) is 2.27. The Bertz CT molecular complexity index is 1390. The maximum absolute atomic E-state index is 13.2. The first kappa shape index (κ1) is 22.0. The number of nitrogens with zero attached hydrogens (tertiary/aromatic N) is 5. The van der Waals surface area contributed by atoms with Crippen LogP contribution in [0.2, 0.25) is 0 Å². The molecule has 0 saturated heterocycles. The van der Waals surface area contributed by atoms with Gasteiger partial charge in [-0.25, -0.2) is 0 Å². The molecule has 2 aromatic carbocycles. The molecule has 174 valence electrons. The molecule has 0 spiro atoms. The zero-order valence-electron chi connectivity index (χ0n) is 19.2. The molecule has 3 heterocycles. The van der Waals surface area contributed by atoms with Gasteiger partial charge in [0.05, 0.1) is 12.9 Å². The molecule has 0 N–H and O–H groups in total. The Morgan fingerprint density at radius 3 is 2.74 bits per heavy atom. The number of methoxy groups -OCH3 is 1. The van der Waals surface area contributed by atoms with Crippen molar-refractivity contribution in [3.63, 3.8) is 0 Å². The Morgan fingerprint density at radius 1 is 1.09 bits per heavy atom. The quantitative estimate of drug-likeness (QED) is 0.290. The Kier molecular flexibility index (Phi) is 5.74. The third kappa shape index (κ3) is 3.90. The SMILES string of the molecule is COc1ccc(C)cc1-n1nnnc1SCC(=O)c1cc(C)n(-c2ccc3c(c2)OCO3)c1C. The van der Waals surface area contributed by atoms with Crippen molar-refractivity contribution in [3.8, 4) is 28.6 Å². The molecule has 10 heteroatoms. The normalized spacial score (nSPS) is 12.2. The summed E-state index contributed by atoms with van der Waals surface area (Å²) in [5.41, 5.74) is 5.18. The first-order chi connectivity index (χ1) is 16.5. The number of hydrogen-bond acceptors (Lipinski definition) is 8. The standard InChI is InChI=1S/C24H23N5O4S/c1-14-5-7-21(31-4)19(9-14)29-24(25-26-27-29)34-12-20(30)18-10-15(2)28(16(18)3)17-6-8-22-23(11-17)33-13-32-22/h5-11H,12-13H2,1-4H3. The van der Waals surface area contributed by atoms with Crippen LogP contribution in [0.15, 0.2) is 47.6 Å². The molecular weight excluding hydrogens is 454 g/mol. The minimum atomic E-state index is -0.00384. The molecular formula is C24H23N5O4S. The number of carbonyl (C=O) groups excluding carboxylic acids is 1. The zero-order valence-corrected chi connectivity index (χ0v) is 20.0. The van der Waals surface area contributed by atoms with Gasteiger partial charge in [0.1, 0.15) is 11.4 Å². The number of rotatable bonds is 7. The Labute approximate surface area is 200 Å². The smallest absolute Gasteiger partial charge is 0.231 e. The van der Waals surface area contributed by atoms with Crippen LogP contribution in [0, 0.1) is 20.8 Å². The van der Waals surface area contributed by atoms with Crippen LogP contribution in [-0.2, 0) is 0 Å². The van der Waals surface area contributed by atoms with Crippen LogP contribution in [0.4, 0.5) is 0 Å². The van der Waals surface area contributed by atoms with Gasteiger partial charge in [-0.05, 0) is 67.1 Å². The predicted molar refractivity (Wildman–Crippen MR) is 127 cm³/mol. The molecule has 0 saturated carbocycles. The largest absolute Gasteiger partial charge is 0.494 e. The molecule has 1 aliphatic rings. The zero-order chi connectivity index (χ0) is 23.8. The summed E-state index contributed by atoms with van der Waals surface area (Å²) in [6.45, 7) is 6.13.